The Kier molecular flexibility index (Phi) is 5.22. The number of anilines is 1. The van der Waals surface area contributed by atoms with Crippen LogP contribution in [0.1, 0.15) is 63.9 Å². The molecule has 2 aromatic rings. The lowest BCUT2D eigenvalue weighted by Crippen LogP contribution is -2.41. The van der Waals surface area contributed by atoms with Gasteiger partial charge in [-0.1, -0.05) is 0 Å². The van der Waals surface area contributed by atoms with E-state index in [4.69, 9.17) is 0 Å². The molecule has 136 valence electrons. The molecule has 0 aliphatic heterocycles. The molecule has 7 heteroatoms. The van der Waals surface area contributed by atoms with E-state index in [1.165, 1.54) is 11.3 Å². The molecular weight excluding hydrogens is 316 g/mol. The van der Waals surface area contributed by atoms with Crippen molar-refractivity contribution in [2.24, 2.45) is 0 Å². The van der Waals surface area contributed by atoms with Crippen molar-refractivity contribution in [2.75, 3.05) is 5.32 Å². The van der Waals surface area contributed by atoms with E-state index in [2.05, 4.69) is 32.4 Å². The molecule has 2 heterocycles. The first-order valence-corrected chi connectivity index (χ1v) is 9.16. The van der Waals surface area contributed by atoms with Gasteiger partial charge in [-0.15, -0.1) is 0 Å². The summed E-state index contributed by atoms with van der Waals surface area (Å²) in [5.41, 5.74) is 2.54. The normalized spacial score (nSPS) is 18.2. The van der Waals surface area contributed by atoms with E-state index in [-0.39, 0.29) is 24.0 Å². The molecule has 2 atom stereocenters. The van der Waals surface area contributed by atoms with E-state index in [9.17, 15) is 4.79 Å². The van der Waals surface area contributed by atoms with Crippen LogP contribution >= 0.6 is 0 Å². The third-order valence-electron chi connectivity index (χ3n) is 4.82. The van der Waals surface area contributed by atoms with Crippen LogP contribution in [0.3, 0.4) is 0 Å². The third-order valence-corrected chi connectivity index (χ3v) is 4.82. The number of nitrogens with zero attached hydrogens (tertiary/aromatic N) is 4. The van der Waals surface area contributed by atoms with E-state index >= 15 is 0 Å². The molecule has 1 aliphatic carbocycles. The number of hydrogen-bond acceptors (Lipinski definition) is 4. The number of aryl methyl sites for hydroxylation is 1. The number of aromatic nitrogens is 4. The molecule has 2 N–H and O–H groups in total. The highest BCUT2D eigenvalue weighted by Crippen LogP contribution is 2.30. The quantitative estimate of drug-likeness (QED) is 0.845. The number of fused-ring (bicyclic) bond motifs is 1. The monoisotopic (exact) mass is 344 g/mol. The average Bonchev–Trinajstić information content (AvgIpc) is 3.21. The first-order valence-electron chi connectivity index (χ1n) is 9.16. The van der Waals surface area contributed by atoms with Gasteiger partial charge in [-0.3, -0.25) is 14.8 Å². The summed E-state index contributed by atoms with van der Waals surface area (Å²) >= 11 is 0. The number of nitrogens with one attached hydrogen (secondary N) is 2. The van der Waals surface area contributed by atoms with Gasteiger partial charge in [0.1, 0.15) is 5.82 Å². The summed E-state index contributed by atoms with van der Waals surface area (Å²) in [4.78, 5) is 12.6. The lowest BCUT2D eigenvalue weighted by Gasteiger charge is -2.27. The van der Waals surface area contributed by atoms with Gasteiger partial charge in [0.25, 0.3) is 0 Å². The van der Waals surface area contributed by atoms with Crippen LogP contribution in [0.5, 0.6) is 0 Å². The van der Waals surface area contributed by atoms with Crippen LogP contribution in [0.25, 0.3) is 0 Å². The Balaban J connectivity index is 1.66. The van der Waals surface area contributed by atoms with Crippen LogP contribution in [-0.2, 0) is 17.8 Å². The fourth-order valence-electron chi connectivity index (χ4n) is 3.50. The summed E-state index contributed by atoms with van der Waals surface area (Å²) in [6.45, 7) is 8.98. The van der Waals surface area contributed by atoms with Crippen LogP contribution in [0, 0.1) is 0 Å². The highest BCUT2D eigenvalue weighted by molar-refractivity contribution is 5.93. The van der Waals surface area contributed by atoms with Crippen molar-refractivity contribution < 1.29 is 4.79 Å². The Morgan fingerprint density at radius 1 is 1.36 bits per heavy atom. The van der Waals surface area contributed by atoms with E-state index in [1.54, 1.807) is 6.20 Å². The summed E-state index contributed by atoms with van der Waals surface area (Å²) < 4.78 is 3.88. The first kappa shape index (κ1) is 17.7. The van der Waals surface area contributed by atoms with Gasteiger partial charge in [-0.25, -0.2) is 4.68 Å². The summed E-state index contributed by atoms with van der Waals surface area (Å²) in [5, 5.41) is 15.2. The second-order valence-electron chi connectivity index (χ2n) is 6.94. The molecule has 0 fully saturated rings. The Labute approximate surface area is 148 Å². The summed E-state index contributed by atoms with van der Waals surface area (Å²) in [6, 6.07) is 1.92. The Bertz CT molecular complexity index is 732. The predicted molar refractivity (Wildman–Crippen MR) is 97.4 cm³/mol. The minimum Gasteiger partial charge on any atom is -0.310 e. The van der Waals surface area contributed by atoms with Crippen molar-refractivity contribution in [3.63, 3.8) is 0 Å². The van der Waals surface area contributed by atoms with Gasteiger partial charge < -0.3 is 5.32 Å². The molecule has 0 unspecified atom stereocenters. The number of amides is 1. The smallest absolute Gasteiger partial charge is 0.242 e. The van der Waals surface area contributed by atoms with Crippen LogP contribution < -0.4 is 10.6 Å². The largest absolute Gasteiger partial charge is 0.310 e. The Morgan fingerprint density at radius 3 is 2.88 bits per heavy atom. The van der Waals surface area contributed by atoms with Crippen molar-refractivity contribution in [1.29, 1.82) is 0 Å². The molecular formula is C18H28N6O. The van der Waals surface area contributed by atoms with Crippen molar-refractivity contribution >= 4 is 11.7 Å². The molecule has 3 rings (SSSR count). The third kappa shape index (κ3) is 3.61. The second kappa shape index (κ2) is 7.39. The zero-order valence-corrected chi connectivity index (χ0v) is 15.5. The molecule has 0 bridgehead atoms. The minimum atomic E-state index is -0.295. The fourth-order valence-corrected chi connectivity index (χ4v) is 3.50. The maximum atomic E-state index is 12.6. The lowest BCUT2D eigenvalue weighted by molar-refractivity contribution is -0.118. The number of carbonyl (C=O) groups is 1. The molecule has 0 saturated heterocycles. The highest BCUT2D eigenvalue weighted by Gasteiger charge is 2.27. The van der Waals surface area contributed by atoms with Gasteiger partial charge >= 0.3 is 0 Å². The van der Waals surface area contributed by atoms with Crippen molar-refractivity contribution in [3.8, 4) is 0 Å². The standard InChI is InChI=1S/C18H28N6O/c1-5-23-16-8-6-7-15(14(16)11-20-23)21-13(4)18(25)22-17-9-10-19-24(17)12(2)3/h9-13,15,21H,5-8H2,1-4H3,(H,22,25)/t13-,15-/m0/s1. The van der Waals surface area contributed by atoms with Crippen LogP contribution in [0.2, 0.25) is 0 Å². The SMILES string of the molecule is CCn1ncc2c1CCC[C@@H]2N[C@@H](C)C(=O)Nc1ccnn1C(C)C. The lowest BCUT2D eigenvalue weighted by atomic mass is 9.92. The predicted octanol–water partition coefficient (Wildman–Crippen LogP) is 2.67. The van der Waals surface area contributed by atoms with Gasteiger partial charge in [-0.2, -0.15) is 10.2 Å². The van der Waals surface area contributed by atoms with E-state index in [1.807, 2.05) is 37.7 Å². The average molecular weight is 344 g/mol. The summed E-state index contributed by atoms with van der Waals surface area (Å²) in [7, 11) is 0. The van der Waals surface area contributed by atoms with Crippen molar-refractivity contribution in [3.05, 3.63) is 29.7 Å². The van der Waals surface area contributed by atoms with Crippen molar-refractivity contribution in [2.45, 2.75) is 71.6 Å². The van der Waals surface area contributed by atoms with E-state index in [0.29, 0.717) is 0 Å². The zero-order chi connectivity index (χ0) is 18.0. The topological polar surface area (TPSA) is 76.8 Å². The molecule has 0 aromatic carbocycles. The van der Waals surface area contributed by atoms with Gasteiger partial charge in [0.15, 0.2) is 0 Å². The second-order valence-corrected chi connectivity index (χ2v) is 6.94. The summed E-state index contributed by atoms with van der Waals surface area (Å²) in [5.74, 6) is 0.689. The molecule has 1 amide bonds. The van der Waals surface area contributed by atoms with Gasteiger partial charge in [0.2, 0.25) is 5.91 Å². The van der Waals surface area contributed by atoms with Crippen LogP contribution in [0.15, 0.2) is 18.5 Å². The first-order chi connectivity index (χ1) is 12.0. The van der Waals surface area contributed by atoms with E-state index in [0.717, 1.165) is 31.6 Å². The molecule has 0 radical (unpaired) electrons. The summed E-state index contributed by atoms with van der Waals surface area (Å²) in [6.07, 6.45) is 6.87. The number of hydrogen-bond donors (Lipinski definition) is 2. The Hall–Kier alpha value is -2.15. The van der Waals surface area contributed by atoms with Crippen LogP contribution in [0.4, 0.5) is 5.82 Å². The van der Waals surface area contributed by atoms with Gasteiger partial charge in [-0.05, 0) is 47.0 Å². The molecule has 0 spiro atoms. The van der Waals surface area contributed by atoms with Crippen molar-refractivity contribution in [1.82, 2.24) is 24.9 Å². The number of carbonyl (C=O) groups excluding carboxylic acids is 1. The Morgan fingerprint density at radius 2 is 2.16 bits per heavy atom. The zero-order valence-electron chi connectivity index (χ0n) is 15.5. The van der Waals surface area contributed by atoms with E-state index < -0.39 is 0 Å². The molecule has 25 heavy (non-hydrogen) atoms. The highest BCUT2D eigenvalue weighted by atomic mass is 16.2. The molecule has 0 saturated carbocycles. The molecule has 1 aliphatic rings. The maximum Gasteiger partial charge on any atom is 0.242 e. The van der Waals surface area contributed by atoms with Gasteiger partial charge in [0, 0.05) is 36.0 Å². The van der Waals surface area contributed by atoms with Gasteiger partial charge in [0.05, 0.1) is 18.4 Å². The maximum absolute atomic E-state index is 12.6. The molecule has 7 nitrogen and oxygen atoms in total. The fraction of sp³-hybridized carbons (Fsp3) is 0.611. The van der Waals surface area contributed by atoms with Crippen LogP contribution in [-0.4, -0.2) is 31.5 Å². The minimum absolute atomic E-state index is 0.0441. The molecule has 2 aromatic heterocycles. The number of rotatable bonds is 6.